The predicted molar refractivity (Wildman–Crippen MR) is 126 cm³/mol. The van der Waals surface area contributed by atoms with E-state index in [0.717, 1.165) is 24.3 Å². The number of nitrogens with zero attached hydrogens (tertiary/aromatic N) is 1. The maximum atomic E-state index is 12.6. The van der Waals surface area contributed by atoms with Gasteiger partial charge in [0.1, 0.15) is 11.3 Å². The molecule has 1 fully saturated rings. The van der Waals surface area contributed by atoms with Gasteiger partial charge in [0, 0.05) is 17.3 Å². The number of rotatable bonds is 7. The van der Waals surface area contributed by atoms with Gasteiger partial charge in [-0.15, -0.1) is 0 Å². The number of fused-ring (bicyclic) bond motifs is 1. The van der Waals surface area contributed by atoms with Gasteiger partial charge < -0.3 is 19.5 Å². The minimum absolute atomic E-state index is 0.242. The first-order valence-electron chi connectivity index (χ1n) is 11.3. The van der Waals surface area contributed by atoms with E-state index in [-0.39, 0.29) is 18.3 Å². The molecule has 0 amide bonds. The fourth-order valence-corrected chi connectivity index (χ4v) is 4.07. The van der Waals surface area contributed by atoms with E-state index >= 15 is 0 Å². The topological polar surface area (TPSA) is 86.8 Å². The molecule has 0 aliphatic heterocycles. The van der Waals surface area contributed by atoms with Crippen LogP contribution in [0.15, 0.2) is 48.7 Å². The normalized spacial score (nSPS) is 14.0. The maximum absolute atomic E-state index is 12.6. The number of benzene rings is 2. The molecule has 4 rings (SSSR count). The van der Waals surface area contributed by atoms with Gasteiger partial charge in [0.15, 0.2) is 0 Å². The summed E-state index contributed by atoms with van der Waals surface area (Å²) in [7, 11) is 1.33. The predicted octanol–water partition coefficient (Wildman–Crippen LogP) is 5.65. The molecular formula is C26H28N2O5. The summed E-state index contributed by atoms with van der Waals surface area (Å²) in [6, 6.07) is 12.7. The number of hydrogen-bond donors (Lipinski definition) is 1. The zero-order valence-corrected chi connectivity index (χ0v) is 18.9. The van der Waals surface area contributed by atoms with Crippen LogP contribution in [-0.4, -0.2) is 36.7 Å². The molecule has 7 nitrogen and oxygen atoms in total. The van der Waals surface area contributed by atoms with Crippen LogP contribution in [0.25, 0.3) is 10.9 Å². The van der Waals surface area contributed by atoms with Gasteiger partial charge in [0.25, 0.3) is 0 Å². The van der Waals surface area contributed by atoms with Gasteiger partial charge >= 0.3 is 11.9 Å². The van der Waals surface area contributed by atoms with Crippen LogP contribution in [0.2, 0.25) is 0 Å². The molecule has 1 aromatic heterocycles. The first kappa shape index (κ1) is 22.6. The van der Waals surface area contributed by atoms with Gasteiger partial charge in [-0.25, -0.2) is 9.59 Å². The Morgan fingerprint density at radius 1 is 1.03 bits per heavy atom. The van der Waals surface area contributed by atoms with Crippen LogP contribution in [0.3, 0.4) is 0 Å². The highest BCUT2D eigenvalue weighted by molar-refractivity contribution is 6.07. The fraction of sp³-hybridized carbons (Fsp3) is 0.346. The summed E-state index contributed by atoms with van der Waals surface area (Å²) >= 11 is 0. The molecule has 0 radical (unpaired) electrons. The number of carbonyl (C=O) groups is 2. The van der Waals surface area contributed by atoms with Crippen molar-refractivity contribution in [3.63, 3.8) is 0 Å². The van der Waals surface area contributed by atoms with Crippen molar-refractivity contribution in [2.75, 3.05) is 19.0 Å². The third-order valence-electron chi connectivity index (χ3n) is 5.76. The molecule has 33 heavy (non-hydrogen) atoms. The Bertz CT molecular complexity index is 1140. The summed E-state index contributed by atoms with van der Waals surface area (Å²) in [6.07, 6.45) is 7.65. The smallest absolute Gasteiger partial charge is 0.341 e. The molecule has 0 spiro atoms. The summed E-state index contributed by atoms with van der Waals surface area (Å²) in [5, 5.41) is 3.94. The Morgan fingerprint density at radius 2 is 1.79 bits per heavy atom. The first-order chi connectivity index (χ1) is 16.1. The van der Waals surface area contributed by atoms with Crippen LogP contribution in [0.5, 0.6) is 5.75 Å². The first-order valence-corrected chi connectivity index (χ1v) is 11.3. The molecule has 0 saturated heterocycles. The van der Waals surface area contributed by atoms with Gasteiger partial charge in [0.2, 0.25) is 0 Å². The van der Waals surface area contributed by atoms with Gasteiger partial charge in [0.05, 0.1) is 36.6 Å². The molecular weight excluding hydrogens is 420 g/mol. The zero-order chi connectivity index (χ0) is 23.2. The van der Waals surface area contributed by atoms with E-state index in [0.29, 0.717) is 22.2 Å². The highest BCUT2D eigenvalue weighted by Crippen LogP contribution is 2.32. The van der Waals surface area contributed by atoms with E-state index in [1.165, 1.54) is 32.6 Å². The molecule has 0 bridgehead atoms. The van der Waals surface area contributed by atoms with Crippen molar-refractivity contribution in [3.8, 4) is 5.75 Å². The monoisotopic (exact) mass is 448 g/mol. The van der Waals surface area contributed by atoms with Crippen LogP contribution >= 0.6 is 0 Å². The Hall–Kier alpha value is -3.61. The minimum atomic E-state index is -0.491. The van der Waals surface area contributed by atoms with Crippen LogP contribution in [-0.2, 0) is 9.47 Å². The number of aromatic nitrogens is 1. The second kappa shape index (κ2) is 10.3. The maximum Gasteiger partial charge on any atom is 0.341 e. The Labute approximate surface area is 193 Å². The Balaban J connectivity index is 1.67. The second-order valence-corrected chi connectivity index (χ2v) is 8.02. The fourth-order valence-electron chi connectivity index (χ4n) is 4.07. The van der Waals surface area contributed by atoms with E-state index in [9.17, 15) is 9.59 Å². The van der Waals surface area contributed by atoms with Gasteiger partial charge in [-0.1, -0.05) is 6.42 Å². The highest BCUT2D eigenvalue weighted by Gasteiger charge is 2.19. The van der Waals surface area contributed by atoms with Crippen LogP contribution in [0, 0.1) is 0 Å². The lowest BCUT2D eigenvalue weighted by atomic mass is 9.98. The molecule has 172 valence electrons. The summed E-state index contributed by atoms with van der Waals surface area (Å²) in [6.45, 7) is 1.99. The number of esters is 2. The van der Waals surface area contributed by atoms with Crippen molar-refractivity contribution >= 4 is 34.2 Å². The van der Waals surface area contributed by atoms with Gasteiger partial charge in [-0.3, -0.25) is 4.98 Å². The molecule has 1 N–H and O–H groups in total. The number of nitrogens with one attached hydrogen (secondary N) is 1. The lowest BCUT2D eigenvalue weighted by molar-refractivity contribution is 0.0526. The van der Waals surface area contributed by atoms with Gasteiger partial charge in [-0.2, -0.15) is 0 Å². The van der Waals surface area contributed by atoms with E-state index < -0.39 is 11.9 Å². The molecule has 1 saturated carbocycles. The number of ether oxygens (including phenoxy) is 3. The third kappa shape index (κ3) is 5.25. The average Bonchev–Trinajstić information content (AvgIpc) is 2.85. The van der Waals surface area contributed by atoms with Gasteiger partial charge in [-0.05, 0) is 75.1 Å². The highest BCUT2D eigenvalue weighted by atomic mass is 16.5. The molecule has 1 aliphatic rings. The molecule has 7 heteroatoms. The minimum Gasteiger partial charge on any atom is -0.490 e. The van der Waals surface area contributed by atoms with Crippen LogP contribution < -0.4 is 10.1 Å². The van der Waals surface area contributed by atoms with Crippen molar-refractivity contribution in [1.82, 2.24) is 4.98 Å². The molecule has 3 aromatic rings. The molecule has 1 aliphatic carbocycles. The van der Waals surface area contributed by atoms with E-state index in [4.69, 9.17) is 14.2 Å². The average molecular weight is 449 g/mol. The van der Waals surface area contributed by atoms with Crippen molar-refractivity contribution in [1.29, 1.82) is 0 Å². The SMILES string of the molecule is CCOC(=O)c1cnc2ccc(C(=O)OC)cc2c1Nc1ccc(OC2CCCCC2)cc1. The van der Waals surface area contributed by atoms with Crippen molar-refractivity contribution in [3.05, 3.63) is 59.8 Å². The van der Waals surface area contributed by atoms with Crippen LogP contribution in [0.4, 0.5) is 11.4 Å². The largest absolute Gasteiger partial charge is 0.490 e. The molecule has 0 atom stereocenters. The summed E-state index contributed by atoms with van der Waals surface area (Å²) in [5.41, 5.74) is 2.58. The second-order valence-electron chi connectivity index (χ2n) is 8.02. The van der Waals surface area contributed by atoms with E-state index in [1.807, 2.05) is 24.3 Å². The van der Waals surface area contributed by atoms with Crippen LogP contribution in [0.1, 0.15) is 59.7 Å². The van der Waals surface area contributed by atoms with E-state index in [1.54, 1.807) is 25.1 Å². The molecule has 0 unspecified atom stereocenters. The lowest BCUT2D eigenvalue weighted by Crippen LogP contribution is -2.19. The third-order valence-corrected chi connectivity index (χ3v) is 5.76. The number of carbonyl (C=O) groups excluding carboxylic acids is 2. The Morgan fingerprint density at radius 3 is 2.48 bits per heavy atom. The van der Waals surface area contributed by atoms with Crippen molar-refractivity contribution in [2.24, 2.45) is 0 Å². The quantitative estimate of drug-likeness (QED) is 0.467. The lowest BCUT2D eigenvalue weighted by Gasteiger charge is -2.23. The van der Waals surface area contributed by atoms with Crippen molar-refractivity contribution < 1.29 is 23.8 Å². The number of anilines is 2. The summed E-state index contributed by atoms with van der Waals surface area (Å²) in [4.78, 5) is 29.1. The Kier molecular flexibility index (Phi) is 7.07. The number of methoxy groups -OCH3 is 1. The van der Waals surface area contributed by atoms with Crippen molar-refractivity contribution in [2.45, 2.75) is 45.1 Å². The van der Waals surface area contributed by atoms with E-state index in [2.05, 4.69) is 10.3 Å². The standard InChI is InChI=1S/C26H28N2O5/c1-3-32-26(30)22-16-27-23-14-9-17(25(29)31-2)15-21(23)24(22)28-18-10-12-20(13-11-18)33-19-7-5-4-6-8-19/h9-16,19H,3-8H2,1-2H3,(H,27,28). The summed E-state index contributed by atoms with van der Waals surface area (Å²) < 4.78 is 16.2. The molecule has 2 aromatic carbocycles. The summed E-state index contributed by atoms with van der Waals surface area (Å²) in [5.74, 6) is -0.130. The number of hydrogen-bond acceptors (Lipinski definition) is 7. The zero-order valence-electron chi connectivity index (χ0n) is 18.9. The number of pyridine rings is 1. The molecule has 1 heterocycles.